The van der Waals surface area contributed by atoms with Crippen LogP contribution in [0.2, 0.25) is 0 Å². The van der Waals surface area contributed by atoms with Gasteiger partial charge in [0.15, 0.2) is 0 Å². The van der Waals surface area contributed by atoms with Crippen LogP contribution >= 0.6 is 0 Å². The van der Waals surface area contributed by atoms with Crippen molar-refractivity contribution in [3.8, 4) is 22.5 Å². The van der Waals surface area contributed by atoms with Gasteiger partial charge in [-0.2, -0.15) is 15.0 Å². The fraction of sp³-hybridized carbons (Fsp3) is 0.474. The van der Waals surface area contributed by atoms with E-state index in [-0.39, 0.29) is 31.4 Å². The highest BCUT2D eigenvalue weighted by molar-refractivity contribution is 5.96. The molecule has 3 aromatic rings. The number of carboxylic acids is 1. The molecule has 2 aliphatic carbocycles. The van der Waals surface area contributed by atoms with Crippen LogP contribution < -0.4 is 10.6 Å². The zero-order valence-corrected chi connectivity index (χ0v) is 28.1. The summed E-state index contributed by atoms with van der Waals surface area (Å²) in [5, 5.41) is 25.7. The molecule has 0 bridgehead atoms. The van der Waals surface area contributed by atoms with Gasteiger partial charge >= 0.3 is 12.1 Å². The number of carbonyl (C=O) groups is 4. The lowest BCUT2D eigenvalue weighted by atomic mass is 10.0. The number of nitrogens with zero attached hydrogens (tertiary/aromatic N) is 4. The first-order valence-corrected chi connectivity index (χ1v) is 17.9. The second-order valence-electron chi connectivity index (χ2n) is 14.0. The summed E-state index contributed by atoms with van der Waals surface area (Å²) >= 11 is 0. The van der Waals surface area contributed by atoms with Crippen molar-refractivity contribution in [3.63, 3.8) is 0 Å². The minimum Gasteiger partial charge on any atom is -0.479 e. The van der Waals surface area contributed by atoms with Crippen molar-refractivity contribution < 1.29 is 29.0 Å². The molecule has 0 spiro atoms. The smallest absolute Gasteiger partial charge is 0.408 e. The van der Waals surface area contributed by atoms with Crippen LogP contribution in [0.5, 0.6) is 0 Å². The number of carboxylic acid groups (broad SMARTS) is 1. The number of benzene rings is 2. The molecular weight excluding hydrogens is 636 g/mol. The minimum atomic E-state index is -1.42. The van der Waals surface area contributed by atoms with Crippen molar-refractivity contribution in [2.24, 2.45) is 5.92 Å². The maximum Gasteiger partial charge on any atom is 0.408 e. The monoisotopic (exact) mass is 680 g/mol. The zero-order valence-electron chi connectivity index (χ0n) is 28.1. The second-order valence-corrected chi connectivity index (χ2v) is 14.0. The van der Waals surface area contributed by atoms with Gasteiger partial charge in [-0.3, -0.25) is 9.59 Å². The second kappa shape index (κ2) is 14.5. The average Bonchev–Trinajstić information content (AvgIpc) is 3.56. The molecule has 4 aliphatic rings. The van der Waals surface area contributed by atoms with Gasteiger partial charge in [0, 0.05) is 30.0 Å². The van der Waals surface area contributed by atoms with Crippen LogP contribution in [0.4, 0.5) is 4.79 Å². The lowest BCUT2D eigenvalue weighted by Gasteiger charge is -2.29. The summed E-state index contributed by atoms with van der Waals surface area (Å²) in [4.78, 5) is 57.2. The number of hydrogen-bond acceptors (Lipinski definition) is 7. The van der Waals surface area contributed by atoms with Crippen molar-refractivity contribution in [1.82, 2.24) is 30.5 Å². The first-order chi connectivity index (χ1) is 24.3. The Balaban J connectivity index is 1.22. The van der Waals surface area contributed by atoms with Gasteiger partial charge in [0.05, 0.1) is 6.04 Å². The van der Waals surface area contributed by atoms with E-state index in [9.17, 15) is 24.3 Å². The maximum atomic E-state index is 14.5. The SMILES string of the molecule is O=C(N[C@H]1CCCCC/C=C\C2C[C@@]2(C(=O)O)NC(=O)[C@@H]2C[C@@H](n3nc(-c4ccccc4)c(-c4ccccc4)n3)CN2C1=O)OC1CCCC1. The van der Waals surface area contributed by atoms with E-state index in [4.69, 9.17) is 14.9 Å². The summed E-state index contributed by atoms with van der Waals surface area (Å²) in [5.74, 6) is -2.37. The van der Waals surface area contributed by atoms with Crippen LogP contribution in [-0.4, -0.2) is 79.1 Å². The highest BCUT2D eigenvalue weighted by Crippen LogP contribution is 2.45. The number of amides is 3. The predicted molar refractivity (Wildman–Crippen MR) is 185 cm³/mol. The Bertz CT molecular complexity index is 1680. The molecule has 3 N–H and O–H groups in total. The first kappa shape index (κ1) is 33.5. The first-order valence-electron chi connectivity index (χ1n) is 17.9. The lowest BCUT2D eigenvalue weighted by molar-refractivity contribution is -0.145. The molecular formula is C38H44N6O6. The summed E-state index contributed by atoms with van der Waals surface area (Å²) in [7, 11) is 0. The zero-order chi connectivity index (χ0) is 34.7. The van der Waals surface area contributed by atoms with Gasteiger partial charge in [0.25, 0.3) is 0 Å². The number of rotatable bonds is 6. The summed E-state index contributed by atoms with van der Waals surface area (Å²) in [6, 6.07) is 17.0. The molecule has 12 heteroatoms. The van der Waals surface area contributed by atoms with E-state index in [2.05, 4.69) is 10.6 Å². The number of carbonyl (C=O) groups excluding carboxylic acids is 3. The van der Waals surface area contributed by atoms with Gasteiger partial charge in [-0.1, -0.05) is 85.7 Å². The Labute approximate surface area is 291 Å². The van der Waals surface area contributed by atoms with Crippen molar-refractivity contribution in [2.45, 2.75) is 100 Å². The van der Waals surface area contributed by atoms with Crippen LogP contribution in [0.1, 0.15) is 76.7 Å². The van der Waals surface area contributed by atoms with E-state index in [1.54, 1.807) is 4.80 Å². The quantitative estimate of drug-likeness (QED) is 0.298. The van der Waals surface area contributed by atoms with Crippen LogP contribution in [-0.2, 0) is 19.1 Å². The van der Waals surface area contributed by atoms with Crippen molar-refractivity contribution in [2.75, 3.05) is 6.54 Å². The number of alkyl carbamates (subject to hydrolysis) is 1. The molecule has 1 unspecified atom stereocenters. The van der Waals surface area contributed by atoms with Crippen LogP contribution in [0.25, 0.3) is 22.5 Å². The Hall–Kier alpha value is -5.00. The molecule has 3 amide bonds. The molecule has 3 heterocycles. The van der Waals surface area contributed by atoms with E-state index in [0.29, 0.717) is 24.2 Å². The molecule has 7 rings (SSSR count). The van der Waals surface area contributed by atoms with Crippen LogP contribution in [0, 0.1) is 5.92 Å². The van der Waals surface area contributed by atoms with Gasteiger partial charge in [0.2, 0.25) is 11.8 Å². The van der Waals surface area contributed by atoms with Gasteiger partial charge in [-0.15, -0.1) is 0 Å². The molecule has 0 radical (unpaired) electrons. The van der Waals surface area contributed by atoms with Gasteiger partial charge < -0.3 is 25.4 Å². The lowest BCUT2D eigenvalue weighted by Crippen LogP contribution is -2.56. The molecule has 1 aromatic heterocycles. The Morgan fingerprint density at radius 1 is 0.880 bits per heavy atom. The summed E-state index contributed by atoms with van der Waals surface area (Å²) in [6.45, 7) is 0.104. The van der Waals surface area contributed by atoms with Crippen LogP contribution in [0.15, 0.2) is 72.8 Å². The molecule has 262 valence electrons. The van der Waals surface area contributed by atoms with Gasteiger partial charge in [-0.05, 0) is 51.4 Å². The number of hydrogen-bond donors (Lipinski definition) is 3. The van der Waals surface area contributed by atoms with Crippen molar-refractivity contribution in [3.05, 3.63) is 72.8 Å². The highest BCUT2D eigenvalue weighted by atomic mass is 16.6. The summed E-state index contributed by atoms with van der Waals surface area (Å²) in [6.07, 6.45) is 10.6. The van der Waals surface area contributed by atoms with Crippen LogP contribution in [0.3, 0.4) is 0 Å². The van der Waals surface area contributed by atoms with E-state index >= 15 is 0 Å². The molecule has 3 fully saturated rings. The Kier molecular flexibility index (Phi) is 9.69. The number of fused-ring (bicyclic) bond motifs is 2. The predicted octanol–water partition coefficient (Wildman–Crippen LogP) is 5.27. The van der Waals surface area contributed by atoms with Crippen molar-refractivity contribution >= 4 is 23.9 Å². The number of allylic oxidation sites excluding steroid dienone is 1. The molecule has 2 aliphatic heterocycles. The number of ether oxygens (including phenoxy) is 1. The molecule has 5 atom stereocenters. The highest BCUT2D eigenvalue weighted by Gasteiger charge is 2.61. The molecule has 2 saturated carbocycles. The Morgan fingerprint density at radius 3 is 2.16 bits per heavy atom. The fourth-order valence-electron chi connectivity index (χ4n) is 7.65. The van der Waals surface area contributed by atoms with E-state index in [1.807, 2.05) is 72.8 Å². The minimum absolute atomic E-state index is 0.104. The summed E-state index contributed by atoms with van der Waals surface area (Å²) in [5.41, 5.74) is 1.67. The van der Waals surface area contributed by atoms with E-state index < -0.39 is 47.5 Å². The average molecular weight is 681 g/mol. The van der Waals surface area contributed by atoms with Crippen molar-refractivity contribution in [1.29, 1.82) is 0 Å². The topological polar surface area (TPSA) is 156 Å². The standard InChI is InChI=1S/C38H44N6O6/c45-34-31-22-28(44-41-32(25-14-6-4-7-15-25)33(42-44)26-16-8-5-9-17-26)24-43(31)35(46)30(39-37(49)50-29-19-12-13-20-29)21-11-3-1-2-10-18-27-23-38(27,40-34)36(47)48/h4-10,14-18,27-31H,1-3,11-13,19-24H2,(H,39,49)(H,40,45)(H,47,48)/b18-10-/t27?,28-,30+,31+,38-/m1/s1. The molecule has 1 saturated heterocycles. The largest absolute Gasteiger partial charge is 0.479 e. The molecule has 2 aromatic carbocycles. The third-order valence-electron chi connectivity index (χ3n) is 10.6. The number of aromatic nitrogens is 3. The third kappa shape index (κ3) is 7.01. The number of aliphatic carboxylic acids is 1. The Morgan fingerprint density at radius 2 is 1.52 bits per heavy atom. The number of nitrogens with one attached hydrogen (secondary N) is 2. The van der Waals surface area contributed by atoms with E-state index in [0.717, 1.165) is 56.1 Å². The normalized spacial score (nSPS) is 28.0. The van der Waals surface area contributed by atoms with E-state index in [1.165, 1.54) is 4.90 Å². The maximum absolute atomic E-state index is 14.5. The summed E-state index contributed by atoms with van der Waals surface area (Å²) < 4.78 is 5.67. The van der Waals surface area contributed by atoms with Gasteiger partial charge in [-0.25, -0.2) is 9.59 Å². The van der Waals surface area contributed by atoms with Gasteiger partial charge in [0.1, 0.15) is 35.1 Å². The molecule has 12 nitrogen and oxygen atoms in total. The third-order valence-corrected chi connectivity index (χ3v) is 10.6. The fourth-order valence-corrected chi connectivity index (χ4v) is 7.65. The molecule has 50 heavy (non-hydrogen) atoms.